The molecule has 1 aliphatic rings. The molecule has 0 spiro atoms. The maximum Gasteiger partial charge on any atom is 0.268 e. The van der Waals surface area contributed by atoms with E-state index in [2.05, 4.69) is 0 Å². The zero-order valence-corrected chi connectivity index (χ0v) is 14.5. The number of amides is 1. The Kier molecular flexibility index (Phi) is 4.64. The van der Waals surface area contributed by atoms with Crippen LogP contribution in [0.2, 0.25) is 0 Å². The summed E-state index contributed by atoms with van der Waals surface area (Å²) in [6.07, 6.45) is -0.357. The Morgan fingerprint density at radius 3 is 2.35 bits per heavy atom. The van der Waals surface area contributed by atoms with Crippen LogP contribution in [0.4, 0.5) is 0 Å². The van der Waals surface area contributed by atoms with Gasteiger partial charge in [-0.25, -0.2) is 12.7 Å². The van der Waals surface area contributed by atoms with Gasteiger partial charge in [0.15, 0.2) is 0 Å². The SMILES string of the molecule is CO[C@H]1CC[C@@](C)(C(C)=O)C(=O)N1S(=O)(=O)c1ccc(C)cc1. The number of aryl methyl sites for hydroxylation is 1. The van der Waals surface area contributed by atoms with Crippen molar-refractivity contribution in [1.82, 2.24) is 4.31 Å². The van der Waals surface area contributed by atoms with Crippen molar-refractivity contribution in [2.24, 2.45) is 5.41 Å². The minimum Gasteiger partial charge on any atom is -0.360 e. The molecule has 0 saturated carbocycles. The molecule has 0 N–H and O–H groups in total. The minimum atomic E-state index is -4.09. The summed E-state index contributed by atoms with van der Waals surface area (Å²) in [5.41, 5.74) is -0.432. The Morgan fingerprint density at radius 1 is 1.30 bits per heavy atom. The maximum atomic E-state index is 12.9. The van der Waals surface area contributed by atoms with Crippen LogP contribution in [-0.4, -0.2) is 37.8 Å². The van der Waals surface area contributed by atoms with Gasteiger partial charge in [0.1, 0.15) is 17.4 Å². The summed E-state index contributed by atoms with van der Waals surface area (Å²) >= 11 is 0. The second-order valence-electron chi connectivity index (χ2n) is 6.04. The first-order valence-electron chi connectivity index (χ1n) is 7.34. The van der Waals surface area contributed by atoms with Crippen molar-refractivity contribution in [3.8, 4) is 0 Å². The molecule has 2 rings (SSSR count). The molecule has 1 fully saturated rings. The van der Waals surface area contributed by atoms with Gasteiger partial charge in [-0.2, -0.15) is 0 Å². The minimum absolute atomic E-state index is 0.00584. The zero-order chi connectivity index (χ0) is 17.4. The Balaban J connectivity index is 2.53. The lowest BCUT2D eigenvalue weighted by Crippen LogP contribution is -2.57. The molecule has 0 radical (unpaired) electrons. The van der Waals surface area contributed by atoms with E-state index in [1.54, 1.807) is 12.1 Å². The number of nitrogens with zero attached hydrogens (tertiary/aromatic N) is 1. The van der Waals surface area contributed by atoms with Crippen molar-refractivity contribution in [3.63, 3.8) is 0 Å². The second kappa shape index (κ2) is 6.05. The summed E-state index contributed by atoms with van der Waals surface area (Å²) in [7, 11) is -2.73. The molecule has 1 aromatic rings. The molecule has 1 amide bonds. The highest BCUT2D eigenvalue weighted by atomic mass is 32.2. The number of sulfonamides is 1. The molecule has 7 heteroatoms. The van der Waals surface area contributed by atoms with Gasteiger partial charge in [-0.1, -0.05) is 17.7 Å². The van der Waals surface area contributed by atoms with E-state index in [1.165, 1.54) is 33.1 Å². The standard InChI is InChI=1S/C16H21NO5S/c1-11-5-7-13(8-6-11)23(20,21)17-14(22-4)9-10-16(3,12(2)18)15(17)19/h5-8,14H,9-10H2,1-4H3/t14-,16-/m0/s1. The third-order valence-corrected chi connectivity index (χ3v) is 6.24. The van der Waals surface area contributed by atoms with Crippen LogP contribution in [0.3, 0.4) is 0 Å². The number of piperidine rings is 1. The van der Waals surface area contributed by atoms with Gasteiger partial charge in [0.05, 0.1) is 4.90 Å². The van der Waals surface area contributed by atoms with Gasteiger partial charge in [-0.05, 0) is 45.7 Å². The van der Waals surface area contributed by atoms with Gasteiger partial charge in [0.25, 0.3) is 15.9 Å². The van der Waals surface area contributed by atoms with Crippen LogP contribution in [0.5, 0.6) is 0 Å². The van der Waals surface area contributed by atoms with E-state index in [1.807, 2.05) is 6.92 Å². The Bertz CT molecular complexity index is 725. The average Bonchev–Trinajstić information content (AvgIpc) is 2.49. The average molecular weight is 339 g/mol. The molecule has 1 saturated heterocycles. The van der Waals surface area contributed by atoms with Crippen molar-refractivity contribution in [3.05, 3.63) is 29.8 Å². The lowest BCUT2D eigenvalue weighted by molar-refractivity contribution is -0.157. The summed E-state index contributed by atoms with van der Waals surface area (Å²) < 4.78 is 31.7. The number of rotatable bonds is 4. The van der Waals surface area contributed by atoms with E-state index in [0.717, 1.165) is 9.87 Å². The van der Waals surface area contributed by atoms with Crippen molar-refractivity contribution in [1.29, 1.82) is 0 Å². The van der Waals surface area contributed by atoms with E-state index in [-0.39, 0.29) is 23.5 Å². The van der Waals surface area contributed by atoms with Crippen LogP contribution in [0, 0.1) is 12.3 Å². The molecule has 0 unspecified atom stereocenters. The van der Waals surface area contributed by atoms with E-state index >= 15 is 0 Å². The highest BCUT2D eigenvalue weighted by Crippen LogP contribution is 2.38. The number of carbonyl (C=O) groups is 2. The monoisotopic (exact) mass is 339 g/mol. The van der Waals surface area contributed by atoms with Crippen molar-refractivity contribution in [2.45, 2.75) is 44.7 Å². The number of hydrogen-bond donors (Lipinski definition) is 0. The Hall–Kier alpha value is -1.73. The molecule has 1 aliphatic heterocycles. The van der Waals surface area contributed by atoms with E-state index in [4.69, 9.17) is 4.74 Å². The second-order valence-corrected chi connectivity index (χ2v) is 7.85. The summed E-state index contributed by atoms with van der Waals surface area (Å²) in [5.74, 6) is -1.08. The maximum absolute atomic E-state index is 12.9. The number of ether oxygens (including phenoxy) is 1. The van der Waals surface area contributed by atoms with Crippen molar-refractivity contribution in [2.75, 3.05) is 7.11 Å². The molecule has 2 atom stereocenters. The van der Waals surface area contributed by atoms with Crippen LogP contribution in [-0.2, 0) is 24.3 Å². The summed E-state index contributed by atoms with van der Waals surface area (Å²) in [6, 6.07) is 6.22. The van der Waals surface area contributed by atoms with E-state index in [9.17, 15) is 18.0 Å². The Labute approximate surface area is 136 Å². The first-order chi connectivity index (χ1) is 10.6. The highest BCUT2D eigenvalue weighted by Gasteiger charge is 2.51. The van der Waals surface area contributed by atoms with Crippen molar-refractivity contribution < 1.29 is 22.7 Å². The van der Waals surface area contributed by atoms with Gasteiger partial charge in [-0.15, -0.1) is 0 Å². The number of benzene rings is 1. The van der Waals surface area contributed by atoms with Crippen LogP contribution in [0.15, 0.2) is 29.2 Å². The predicted octanol–water partition coefficient (Wildman–Crippen LogP) is 1.87. The zero-order valence-electron chi connectivity index (χ0n) is 13.7. The van der Waals surface area contributed by atoms with Gasteiger partial charge in [-0.3, -0.25) is 9.59 Å². The predicted molar refractivity (Wildman–Crippen MR) is 84.0 cm³/mol. The quantitative estimate of drug-likeness (QED) is 0.782. The molecule has 0 aromatic heterocycles. The lowest BCUT2D eigenvalue weighted by Gasteiger charge is -2.41. The molecule has 1 heterocycles. The van der Waals surface area contributed by atoms with Gasteiger partial charge in [0, 0.05) is 7.11 Å². The van der Waals surface area contributed by atoms with Crippen LogP contribution < -0.4 is 0 Å². The molecule has 0 bridgehead atoms. The largest absolute Gasteiger partial charge is 0.360 e. The molecule has 1 aromatic carbocycles. The normalized spacial score (nSPS) is 25.5. The van der Waals surface area contributed by atoms with Gasteiger partial charge >= 0.3 is 0 Å². The van der Waals surface area contributed by atoms with Crippen LogP contribution in [0.25, 0.3) is 0 Å². The van der Waals surface area contributed by atoms with E-state index < -0.39 is 27.6 Å². The molecule has 0 aliphatic carbocycles. The van der Waals surface area contributed by atoms with Crippen molar-refractivity contribution >= 4 is 21.7 Å². The molecule has 6 nitrogen and oxygen atoms in total. The Morgan fingerprint density at radius 2 is 1.87 bits per heavy atom. The fourth-order valence-electron chi connectivity index (χ4n) is 2.64. The summed E-state index contributed by atoms with van der Waals surface area (Å²) in [5, 5.41) is 0. The van der Waals surface area contributed by atoms with E-state index in [0.29, 0.717) is 0 Å². The number of hydrogen-bond acceptors (Lipinski definition) is 5. The topological polar surface area (TPSA) is 80.8 Å². The fourth-order valence-corrected chi connectivity index (χ4v) is 4.27. The van der Waals surface area contributed by atoms with Gasteiger partial charge in [0.2, 0.25) is 0 Å². The fraction of sp³-hybridized carbons (Fsp3) is 0.500. The third kappa shape index (κ3) is 2.90. The smallest absolute Gasteiger partial charge is 0.268 e. The number of methoxy groups -OCH3 is 1. The summed E-state index contributed by atoms with van der Waals surface area (Å²) in [6.45, 7) is 4.64. The number of Topliss-reactive ketones (excluding diaryl/α,β-unsaturated/α-hetero) is 1. The first kappa shape index (κ1) is 17.6. The number of carbonyl (C=O) groups excluding carboxylic acids is 2. The lowest BCUT2D eigenvalue weighted by atomic mass is 9.78. The summed E-state index contributed by atoms with van der Waals surface area (Å²) in [4.78, 5) is 24.7. The first-order valence-corrected chi connectivity index (χ1v) is 8.78. The van der Waals surface area contributed by atoms with Crippen LogP contribution in [0.1, 0.15) is 32.3 Å². The molecular weight excluding hydrogens is 318 g/mol. The molecule has 126 valence electrons. The van der Waals surface area contributed by atoms with Gasteiger partial charge < -0.3 is 4.74 Å². The van der Waals surface area contributed by atoms with Crippen LogP contribution >= 0.6 is 0 Å². The molecule has 23 heavy (non-hydrogen) atoms. The third-order valence-electron chi connectivity index (χ3n) is 4.45. The number of ketones is 1. The molecular formula is C16H21NO5S. The highest BCUT2D eigenvalue weighted by molar-refractivity contribution is 7.89.